The molecule has 1 aliphatic heterocycles. The van der Waals surface area contributed by atoms with E-state index in [0.29, 0.717) is 40.2 Å². The molecule has 0 spiro atoms. The molecule has 33 heavy (non-hydrogen) atoms. The summed E-state index contributed by atoms with van der Waals surface area (Å²) in [5.41, 5.74) is 2.42. The van der Waals surface area contributed by atoms with Crippen LogP contribution >= 0.6 is 45.9 Å². The Morgan fingerprint density at radius 2 is 2.03 bits per heavy atom. The van der Waals surface area contributed by atoms with Crippen molar-refractivity contribution in [3.8, 4) is 10.4 Å². The van der Waals surface area contributed by atoms with E-state index in [0.717, 1.165) is 26.8 Å². The number of thiazole rings is 2. The van der Waals surface area contributed by atoms with Gasteiger partial charge in [-0.2, -0.15) is 0 Å². The monoisotopic (exact) mass is 519 g/mol. The third-order valence-electron chi connectivity index (χ3n) is 5.67. The minimum Gasteiger partial charge on any atom is -0.349 e. The molecule has 1 N–H and O–H groups in total. The number of carbonyl (C=O) groups is 2. The molecular formula is C22H19Cl2N5O2S2. The van der Waals surface area contributed by atoms with Crippen molar-refractivity contribution in [2.75, 3.05) is 13.1 Å². The quantitative estimate of drug-likeness (QED) is 0.398. The first kappa shape index (κ1) is 22.3. The smallest absolute Gasteiger partial charge is 0.274 e. The van der Waals surface area contributed by atoms with Crippen LogP contribution in [0.25, 0.3) is 15.4 Å². The highest BCUT2D eigenvalue weighted by Crippen LogP contribution is 2.35. The van der Waals surface area contributed by atoms with Gasteiger partial charge in [-0.15, -0.1) is 22.7 Å². The summed E-state index contributed by atoms with van der Waals surface area (Å²) in [6, 6.07) is 5.22. The molecule has 4 aromatic rings. The standard InChI is InChI=1S/C22H19Cl2N5O2S2/c1-11-18(29-7-8-32-22(29)26-11)20(30)25-10-14-5-6-28(14)21(31)17-19(33-12(2)27-17)13-3-4-15(23)16(24)9-13/h3-4,7-9,14H,5-6,10H2,1-2H3,(H,25,30)/t14-/m0/s1. The Labute approximate surface area is 208 Å². The van der Waals surface area contributed by atoms with Gasteiger partial charge in [-0.1, -0.05) is 29.3 Å². The molecule has 0 unspecified atom stereocenters. The Balaban J connectivity index is 1.31. The molecule has 1 aliphatic rings. The van der Waals surface area contributed by atoms with Crippen LogP contribution in [0.4, 0.5) is 0 Å². The molecule has 7 nitrogen and oxygen atoms in total. The van der Waals surface area contributed by atoms with E-state index in [4.69, 9.17) is 23.2 Å². The number of amides is 2. The molecule has 0 saturated carbocycles. The maximum atomic E-state index is 13.3. The second kappa shape index (κ2) is 8.72. The van der Waals surface area contributed by atoms with Gasteiger partial charge in [0, 0.05) is 24.7 Å². The fourth-order valence-electron chi connectivity index (χ4n) is 3.92. The average molecular weight is 520 g/mol. The van der Waals surface area contributed by atoms with Crippen LogP contribution in [0.1, 0.15) is 38.1 Å². The predicted molar refractivity (Wildman–Crippen MR) is 132 cm³/mol. The SMILES string of the molecule is Cc1nc(C(=O)N2CC[C@H]2CNC(=O)c2c(C)nc3sccn23)c(-c2ccc(Cl)c(Cl)c2)s1. The summed E-state index contributed by atoms with van der Waals surface area (Å²) in [6.07, 6.45) is 2.65. The van der Waals surface area contributed by atoms with Gasteiger partial charge < -0.3 is 10.2 Å². The zero-order valence-corrected chi connectivity index (χ0v) is 20.9. The number of carbonyl (C=O) groups excluding carboxylic acids is 2. The number of aromatic nitrogens is 3. The van der Waals surface area contributed by atoms with E-state index in [-0.39, 0.29) is 17.9 Å². The molecule has 1 saturated heterocycles. The highest BCUT2D eigenvalue weighted by molar-refractivity contribution is 7.15. The van der Waals surface area contributed by atoms with Crippen molar-refractivity contribution in [1.82, 2.24) is 24.6 Å². The van der Waals surface area contributed by atoms with E-state index in [2.05, 4.69) is 15.3 Å². The normalized spacial score (nSPS) is 15.6. The van der Waals surface area contributed by atoms with Crippen LogP contribution in [0.2, 0.25) is 10.0 Å². The Hall–Kier alpha value is -2.46. The first-order chi connectivity index (χ1) is 15.8. The molecule has 2 amide bonds. The van der Waals surface area contributed by atoms with Crippen LogP contribution in [0.5, 0.6) is 0 Å². The number of rotatable bonds is 5. The van der Waals surface area contributed by atoms with Gasteiger partial charge in [-0.25, -0.2) is 9.97 Å². The van der Waals surface area contributed by atoms with Crippen molar-refractivity contribution in [2.45, 2.75) is 26.3 Å². The van der Waals surface area contributed by atoms with E-state index in [9.17, 15) is 9.59 Å². The molecule has 1 fully saturated rings. The minimum absolute atomic E-state index is 0.0868. The van der Waals surface area contributed by atoms with Crippen molar-refractivity contribution in [3.05, 3.63) is 61.9 Å². The zero-order valence-electron chi connectivity index (χ0n) is 17.8. The molecule has 4 heterocycles. The van der Waals surface area contributed by atoms with Gasteiger partial charge in [0.25, 0.3) is 11.8 Å². The Bertz CT molecular complexity index is 1390. The van der Waals surface area contributed by atoms with Crippen molar-refractivity contribution < 1.29 is 9.59 Å². The number of imidazole rings is 1. The van der Waals surface area contributed by atoms with Crippen molar-refractivity contribution in [1.29, 1.82) is 0 Å². The van der Waals surface area contributed by atoms with Crippen molar-refractivity contribution in [3.63, 3.8) is 0 Å². The molecule has 5 rings (SSSR count). The lowest BCUT2D eigenvalue weighted by atomic mass is 10.0. The molecule has 0 aliphatic carbocycles. The fraction of sp³-hybridized carbons (Fsp3) is 0.273. The number of fused-ring (bicyclic) bond motifs is 1. The van der Waals surface area contributed by atoms with Crippen molar-refractivity contribution in [2.24, 2.45) is 0 Å². The van der Waals surface area contributed by atoms with E-state index < -0.39 is 0 Å². The molecule has 1 atom stereocenters. The number of halogens is 2. The summed E-state index contributed by atoms with van der Waals surface area (Å²) >= 11 is 15.2. The molecule has 170 valence electrons. The average Bonchev–Trinajstić information content (AvgIpc) is 3.43. The summed E-state index contributed by atoms with van der Waals surface area (Å²) in [5, 5.41) is 6.55. The summed E-state index contributed by atoms with van der Waals surface area (Å²) < 4.78 is 1.79. The number of nitrogens with one attached hydrogen (secondary N) is 1. The van der Waals surface area contributed by atoms with Gasteiger partial charge >= 0.3 is 0 Å². The fourth-order valence-corrected chi connectivity index (χ4v) is 5.89. The van der Waals surface area contributed by atoms with Crippen LogP contribution in [0.15, 0.2) is 29.8 Å². The lowest BCUT2D eigenvalue weighted by Gasteiger charge is -2.40. The van der Waals surface area contributed by atoms with E-state index in [1.807, 2.05) is 31.5 Å². The summed E-state index contributed by atoms with van der Waals surface area (Å²) in [4.78, 5) is 38.4. The lowest BCUT2D eigenvalue weighted by Crippen LogP contribution is -2.56. The molecule has 1 aromatic carbocycles. The van der Waals surface area contributed by atoms with Gasteiger partial charge in [0.1, 0.15) is 11.4 Å². The Kier molecular flexibility index (Phi) is 5.90. The number of hydrogen-bond donors (Lipinski definition) is 1. The molecular weight excluding hydrogens is 501 g/mol. The molecule has 11 heteroatoms. The maximum absolute atomic E-state index is 13.3. The van der Waals surface area contributed by atoms with Gasteiger partial charge in [-0.05, 0) is 38.0 Å². The largest absolute Gasteiger partial charge is 0.349 e. The van der Waals surface area contributed by atoms with Crippen LogP contribution < -0.4 is 5.32 Å². The second-order valence-electron chi connectivity index (χ2n) is 7.79. The van der Waals surface area contributed by atoms with Gasteiger partial charge in [-0.3, -0.25) is 14.0 Å². The number of nitrogens with zero attached hydrogens (tertiary/aromatic N) is 4. The third kappa shape index (κ3) is 4.03. The number of hydrogen-bond acceptors (Lipinski definition) is 6. The van der Waals surface area contributed by atoms with Crippen LogP contribution in [0.3, 0.4) is 0 Å². The highest BCUT2D eigenvalue weighted by atomic mass is 35.5. The Morgan fingerprint density at radius 1 is 1.21 bits per heavy atom. The number of likely N-dealkylation sites (tertiary alicyclic amines) is 1. The Morgan fingerprint density at radius 3 is 2.76 bits per heavy atom. The van der Waals surface area contributed by atoms with E-state index >= 15 is 0 Å². The molecule has 3 aromatic heterocycles. The summed E-state index contributed by atoms with van der Waals surface area (Å²) in [5.74, 6) is -0.342. The van der Waals surface area contributed by atoms with Crippen LogP contribution in [-0.2, 0) is 0 Å². The maximum Gasteiger partial charge on any atom is 0.274 e. The number of benzene rings is 1. The van der Waals surface area contributed by atoms with Crippen LogP contribution in [-0.4, -0.2) is 50.2 Å². The molecule has 0 bridgehead atoms. The van der Waals surface area contributed by atoms with Crippen molar-refractivity contribution >= 4 is 62.7 Å². The van der Waals surface area contributed by atoms with Gasteiger partial charge in [0.2, 0.25) is 0 Å². The first-order valence-corrected chi connectivity index (χ1v) is 12.7. The molecule has 0 radical (unpaired) electrons. The van der Waals surface area contributed by atoms with Gasteiger partial charge in [0.05, 0.1) is 31.7 Å². The zero-order chi connectivity index (χ0) is 23.3. The first-order valence-electron chi connectivity index (χ1n) is 10.3. The minimum atomic E-state index is -0.196. The van der Waals surface area contributed by atoms with E-state index in [1.165, 1.54) is 22.7 Å². The van der Waals surface area contributed by atoms with Crippen LogP contribution in [0, 0.1) is 13.8 Å². The summed E-state index contributed by atoms with van der Waals surface area (Å²) in [6.45, 7) is 4.68. The lowest BCUT2D eigenvalue weighted by molar-refractivity contribution is 0.0451. The predicted octanol–water partition coefficient (Wildman–Crippen LogP) is 5.09. The number of aryl methyl sites for hydroxylation is 2. The third-order valence-corrected chi connectivity index (χ3v) is 8.19. The topological polar surface area (TPSA) is 79.6 Å². The summed E-state index contributed by atoms with van der Waals surface area (Å²) in [7, 11) is 0. The second-order valence-corrected chi connectivity index (χ2v) is 10.7. The van der Waals surface area contributed by atoms with Gasteiger partial charge in [0.15, 0.2) is 4.96 Å². The highest BCUT2D eigenvalue weighted by Gasteiger charge is 2.35. The van der Waals surface area contributed by atoms with E-state index in [1.54, 1.807) is 21.4 Å².